The molecule has 1 unspecified atom stereocenters. The van der Waals surface area contributed by atoms with Gasteiger partial charge in [-0.3, -0.25) is 0 Å². The van der Waals surface area contributed by atoms with Gasteiger partial charge >= 0.3 is 0 Å². The van der Waals surface area contributed by atoms with E-state index in [2.05, 4.69) is 17.5 Å². The maximum absolute atomic E-state index is 6.25. The molecule has 0 saturated carbocycles. The van der Waals surface area contributed by atoms with Gasteiger partial charge in [-0.05, 0) is 24.0 Å². The molecule has 0 bridgehead atoms. The van der Waals surface area contributed by atoms with Crippen molar-refractivity contribution in [2.75, 3.05) is 11.6 Å². The Morgan fingerprint density at radius 1 is 1.38 bits per heavy atom. The second-order valence-corrected chi connectivity index (χ2v) is 4.77. The van der Waals surface area contributed by atoms with E-state index in [1.54, 1.807) is 11.8 Å². The number of anilines is 1. The molecule has 0 radical (unpaired) electrons. The van der Waals surface area contributed by atoms with Crippen LogP contribution in [0.1, 0.15) is 5.56 Å². The SMILES string of the molecule is CSC1(Cl)C=Cc2ccccc2N1. The second-order valence-electron chi connectivity index (χ2n) is 2.89. The molecule has 1 aromatic carbocycles. The van der Waals surface area contributed by atoms with E-state index in [9.17, 15) is 0 Å². The molecule has 1 heterocycles. The fourth-order valence-corrected chi connectivity index (χ4v) is 1.88. The lowest BCUT2D eigenvalue weighted by Gasteiger charge is -2.28. The summed E-state index contributed by atoms with van der Waals surface area (Å²) in [5, 5.41) is 3.26. The van der Waals surface area contributed by atoms with Crippen LogP contribution in [0.3, 0.4) is 0 Å². The number of rotatable bonds is 1. The first-order valence-electron chi connectivity index (χ1n) is 4.04. The van der Waals surface area contributed by atoms with Gasteiger partial charge in [-0.2, -0.15) is 0 Å². The quantitative estimate of drug-likeness (QED) is 0.565. The smallest absolute Gasteiger partial charge is 0.179 e. The minimum absolute atomic E-state index is 0.478. The molecule has 0 aromatic heterocycles. The Balaban J connectivity index is 2.39. The average molecular weight is 212 g/mol. The molecule has 1 atom stereocenters. The topological polar surface area (TPSA) is 12.0 Å². The highest BCUT2D eigenvalue weighted by molar-refractivity contribution is 8.01. The molecule has 1 nitrogen and oxygen atoms in total. The predicted molar refractivity (Wildman–Crippen MR) is 61.2 cm³/mol. The zero-order valence-electron chi connectivity index (χ0n) is 7.25. The van der Waals surface area contributed by atoms with Crippen LogP contribution < -0.4 is 5.32 Å². The largest absolute Gasteiger partial charge is 0.355 e. The number of alkyl halides is 1. The summed E-state index contributed by atoms with van der Waals surface area (Å²) >= 11 is 7.83. The summed E-state index contributed by atoms with van der Waals surface area (Å²) in [6, 6.07) is 8.12. The number of fused-ring (bicyclic) bond motifs is 1. The van der Waals surface area contributed by atoms with Gasteiger partial charge in [-0.25, -0.2) is 0 Å². The monoisotopic (exact) mass is 211 g/mol. The molecule has 1 N–H and O–H groups in total. The lowest BCUT2D eigenvalue weighted by atomic mass is 10.1. The zero-order valence-corrected chi connectivity index (χ0v) is 8.82. The summed E-state index contributed by atoms with van der Waals surface area (Å²) in [6.45, 7) is 0. The fourth-order valence-electron chi connectivity index (χ4n) is 1.30. The van der Waals surface area contributed by atoms with Gasteiger partial charge in [-0.1, -0.05) is 35.9 Å². The molecule has 2 rings (SSSR count). The zero-order chi connectivity index (χ0) is 9.31. The number of benzene rings is 1. The van der Waals surface area contributed by atoms with Crippen LogP contribution in [0.4, 0.5) is 5.69 Å². The number of hydrogen-bond donors (Lipinski definition) is 1. The van der Waals surface area contributed by atoms with Crippen molar-refractivity contribution in [2.45, 2.75) is 4.33 Å². The highest BCUT2D eigenvalue weighted by atomic mass is 35.5. The first kappa shape index (κ1) is 8.97. The van der Waals surface area contributed by atoms with E-state index in [1.165, 1.54) is 5.56 Å². The molecular weight excluding hydrogens is 202 g/mol. The van der Waals surface area contributed by atoms with E-state index < -0.39 is 4.33 Å². The van der Waals surface area contributed by atoms with Crippen molar-refractivity contribution in [1.29, 1.82) is 0 Å². The Kier molecular flexibility index (Phi) is 2.26. The summed E-state index contributed by atoms with van der Waals surface area (Å²) in [4.78, 5) is 0. The van der Waals surface area contributed by atoms with Gasteiger partial charge in [0, 0.05) is 5.69 Å². The van der Waals surface area contributed by atoms with Gasteiger partial charge in [0.1, 0.15) is 0 Å². The van der Waals surface area contributed by atoms with Crippen LogP contribution in [0.25, 0.3) is 6.08 Å². The third kappa shape index (κ3) is 1.69. The molecular formula is C10H10ClNS. The summed E-state index contributed by atoms with van der Waals surface area (Å²) < 4.78 is -0.478. The van der Waals surface area contributed by atoms with E-state index in [-0.39, 0.29) is 0 Å². The molecule has 13 heavy (non-hydrogen) atoms. The van der Waals surface area contributed by atoms with Crippen LogP contribution >= 0.6 is 23.4 Å². The normalized spacial score (nSPS) is 25.1. The van der Waals surface area contributed by atoms with Gasteiger partial charge < -0.3 is 5.32 Å². The van der Waals surface area contributed by atoms with E-state index >= 15 is 0 Å². The third-order valence-electron chi connectivity index (χ3n) is 2.04. The van der Waals surface area contributed by atoms with Crippen molar-refractivity contribution in [3.05, 3.63) is 35.9 Å². The minimum atomic E-state index is -0.478. The van der Waals surface area contributed by atoms with Crippen LogP contribution in [-0.4, -0.2) is 10.6 Å². The Hall–Kier alpha value is -0.600. The second kappa shape index (κ2) is 3.28. The molecule has 0 spiro atoms. The lowest BCUT2D eigenvalue weighted by Crippen LogP contribution is -2.27. The third-order valence-corrected chi connectivity index (χ3v) is 3.56. The van der Waals surface area contributed by atoms with Crippen molar-refractivity contribution >= 4 is 35.1 Å². The van der Waals surface area contributed by atoms with Crippen LogP contribution in [0.15, 0.2) is 30.3 Å². The van der Waals surface area contributed by atoms with Crippen molar-refractivity contribution in [3.8, 4) is 0 Å². The van der Waals surface area contributed by atoms with E-state index in [1.807, 2.05) is 30.5 Å². The van der Waals surface area contributed by atoms with Gasteiger partial charge in [0.25, 0.3) is 0 Å². The molecule has 68 valence electrons. The van der Waals surface area contributed by atoms with Crippen LogP contribution in [0.5, 0.6) is 0 Å². The highest BCUT2D eigenvalue weighted by Gasteiger charge is 2.25. The Morgan fingerprint density at radius 2 is 2.15 bits per heavy atom. The van der Waals surface area contributed by atoms with Gasteiger partial charge in [-0.15, -0.1) is 11.8 Å². The van der Waals surface area contributed by atoms with Crippen molar-refractivity contribution in [1.82, 2.24) is 0 Å². The number of nitrogens with one attached hydrogen (secondary N) is 1. The fraction of sp³-hybridized carbons (Fsp3) is 0.200. The standard InChI is InChI=1S/C10H10ClNS/c1-13-10(11)7-6-8-4-2-3-5-9(8)12-10/h2-7,12H,1H3. The van der Waals surface area contributed by atoms with E-state index in [0.29, 0.717) is 0 Å². The van der Waals surface area contributed by atoms with Gasteiger partial charge in [0.2, 0.25) is 0 Å². The molecule has 1 aliphatic rings. The van der Waals surface area contributed by atoms with Crippen molar-refractivity contribution in [2.24, 2.45) is 0 Å². The van der Waals surface area contributed by atoms with Crippen LogP contribution in [-0.2, 0) is 0 Å². The van der Waals surface area contributed by atoms with Crippen molar-refractivity contribution < 1.29 is 0 Å². The maximum atomic E-state index is 6.25. The maximum Gasteiger partial charge on any atom is 0.179 e. The molecule has 3 heteroatoms. The highest BCUT2D eigenvalue weighted by Crippen LogP contribution is 2.36. The molecule has 0 fully saturated rings. The van der Waals surface area contributed by atoms with Gasteiger partial charge in [0.05, 0.1) is 0 Å². The summed E-state index contributed by atoms with van der Waals surface area (Å²) in [5.74, 6) is 0. The van der Waals surface area contributed by atoms with E-state index in [4.69, 9.17) is 11.6 Å². The number of halogens is 1. The molecule has 0 amide bonds. The Labute approximate surface area is 87.2 Å². The molecule has 1 aromatic rings. The van der Waals surface area contributed by atoms with E-state index in [0.717, 1.165) is 5.69 Å². The van der Waals surface area contributed by atoms with Crippen LogP contribution in [0, 0.1) is 0 Å². The number of hydrogen-bond acceptors (Lipinski definition) is 2. The predicted octanol–water partition coefficient (Wildman–Crippen LogP) is 3.38. The summed E-state index contributed by atoms with van der Waals surface area (Å²) in [7, 11) is 0. The van der Waals surface area contributed by atoms with Gasteiger partial charge in [0.15, 0.2) is 4.33 Å². The van der Waals surface area contributed by atoms with Crippen LogP contribution in [0.2, 0.25) is 0 Å². The minimum Gasteiger partial charge on any atom is -0.355 e. The summed E-state index contributed by atoms with van der Waals surface area (Å²) in [5.41, 5.74) is 2.28. The molecule has 1 aliphatic heterocycles. The molecule has 0 saturated heterocycles. The first-order chi connectivity index (χ1) is 6.23. The summed E-state index contributed by atoms with van der Waals surface area (Å²) in [6.07, 6.45) is 6.01. The van der Waals surface area contributed by atoms with Crippen molar-refractivity contribution in [3.63, 3.8) is 0 Å². The number of thioether (sulfide) groups is 1. The lowest BCUT2D eigenvalue weighted by molar-refractivity contribution is 1.14. The first-order valence-corrected chi connectivity index (χ1v) is 5.64. The average Bonchev–Trinajstić information content (AvgIpc) is 2.18. The molecule has 0 aliphatic carbocycles. The Morgan fingerprint density at radius 3 is 2.92 bits per heavy atom. The Bertz CT molecular complexity index is 351. The number of para-hydroxylation sites is 1.